The maximum Gasteiger partial charge on any atom is 0.0776 e. The Hall–Kier alpha value is -0.870. The Labute approximate surface area is 116 Å². The van der Waals surface area contributed by atoms with E-state index in [2.05, 4.69) is 27.4 Å². The van der Waals surface area contributed by atoms with Crippen LogP contribution in [-0.4, -0.2) is 27.9 Å². The molecule has 0 bridgehead atoms. The quantitative estimate of drug-likeness (QED) is 0.905. The first-order valence-electron chi connectivity index (χ1n) is 7.94. The zero-order valence-electron chi connectivity index (χ0n) is 11.9. The molecular weight excluding hydrogens is 236 g/mol. The molecule has 0 unspecified atom stereocenters. The van der Waals surface area contributed by atoms with Gasteiger partial charge >= 0.3 is 0 Å². The van der Waals surface area contributed by atoms with Crippen LogP contribution in [0.2, 0.25) is 0 Å². The smallest absolute Gasteiger partial charge is 0.0776 e. The van der Waals surface area contributed by atoms with Crippen LogP contribution in [0.4, 0.5) is 0 Å². The van der Waals surface area contributed by atoms with Gasteiger partial charge in [-0.05, 0) is 31.7 Å². The molecule has 0 spiro atoms. The largest absolute Gasteiger partial charge is 0.269 e. The number of nitrogens with zero attached hydrogens (tertiary/aromatic N) is 3. The Morgan fingerprint density at radius 2 is 1.79 bits per heavy atom. The lowest BCUT2D eigenvalue weighted by atomic mass is 9.96. The molecule has 0 atom stereocenters. The molecule has 4 nitrogen and oxygen atoms in total. The number of hydrazine groups is 1. The third-order valence-corrected chi connectivity index (χ3v) is 4.45. The molecule has 0 aromatic carbocycles. The molecule has 1 saturated heterocycles. The summed E-state index contributed by atoms with van der Waals surface area (Å²) in [6.07, 6.45) is 12.9. The molecule has 1 saturated carbocycles. The summed E-state index contributed by atoms with van der Waals surface area (Å²) in [7, 11) is 0. The van der Waals surface area contributed by atoms with Crippen LogP contribution in [0.15, 0.2) is 12.3 Å². The first kappa shape index (κ1) is 13.1. The third-order valence-electron chi connectivity index (χ3n) is 4.45. The molecule has 0 amide bonds. The van der Waals surface area contributed by atoms with Gasteiger partial charge in [0, 0.05) is 19.3 Å². The standard InChI is InChI=1S/C15H26N4/c1-3-7-15(8-4-1)19-12-9-14(17-19)13-16-18-10-5-2-6-11-18/h9,12,15-16H,1-8,10-11,13H2. The zero-order chi connectivity index (χ0) is 12.9. The highest BCUT2D eigenvalue weighted by Crippen LogP contribution is 2.27. The normalized spacial score (nSPS) is 22.7. The lowest BCUT2D eigenvalue weighted by Crippen LogP contribution is -2.41. The van der Waals surface area contributed by atoms with Gasteiger partial charge in [0.1, 0.15) is 0 Å². The van der Waals surface area contributed by atoms with Crippen molar-refractivity contribution in [1.82, 2.24) is 20.2 Å². The van der Waals surface area contributed by atoms with Gasteiger partial charge in [-0.3, -0.25) is 4.68 Å². The molecule has 1 aliphatic carbocycles. The molecule has 19 heavy (non-hydrogen) atoms. The molecular formula is C15H26N4. The van der Waals surface area contributed by atoms with E-state index in [-0.39, 0.29) is 0 Å². The highest BCUT2D eigenvalue weighted by atomic mass is 15.5. The zero-order valence-corrected chi connectivity index (χ0v) is 11.9. The monoisotopic (exact) mass is 262 g/mol. The highest BCUT2D eigenvalue weighted by Gasteiger charge is 2.16. The second-order valence-electron chi connectivity index (χ2n) is 5.96. The minimum absolute atomic E-state index is 0.650. The summed E-state index contributed by atoms with van der Waals surface area (Å²) in [5.74, 6) is 0. The van der Waals surface area contributed by atoms with E-state index in [1.54, 1.807) is 0 Å². The summed E-state index contributed by atoms with van der Waals surface area (Å²) in [5, 5.41) is 7.10. The maximum atomic E-state index is 4.75. The van der Waals surface area contributed by atoms with Crippen LogP contribution in [0.3, 0.4) is 0 Å². The Morgan fingerprint density at radius 3 is 2.58 bits per heavy atom. The molecule has 1 N–H and O–H groups in total. The van der Waals surface area contributed by atoms with Crippen LogP contribution in [0.1, 0.15) is 63.1 Å². The lowest BCUT2D eigenvalue weighted by molar-refractivity contribution is 0.150. The number of rotatable bonds is 4. The fourth-order valence-corrected chi connectivity index (χ4v) is 3.27. The van der Waals surface area contributed by atoms with Crippen LogP contribution >= 0.6 is 0 Å². The molecule has 1 aliphatic heterocycles. The molecule has 1 aromatic heterocycles. The Balaban J connectivity index is 1.49. The highest BCUT2D eigenvalue weighted by molar-refractivity contribution is 4.99. The number of hydrogen-bond donors (Lipinski definition) is 1. The minimum atomic E-state index is 0.650. The molecule has 1 aromatic rings. The summed E-state index contributed by atoms with van der Waals surface area (Å²) in [5.41, 5.74) is 4.69. The van der Waals surface area contributed by atoms with Crippen molar-refractivity contribution in [2.45, 2.75) is 64.0 Å². The van der Waals surface area contributed by atoms with E-state index < -0.39 is 0 Å². The lowest BCUT2D eigenvalue weighted by Gasteiger charge is -2.26. The molecule has 3 rings (SSSR count). The summed E-state index contributed by atoms with van der Waals surface area (Å²) in [4.78, 5) is 0. The van der Waals surface area contributed by atoms with Gasteiger partial charge in [-0.2, -0.15) is 5.10 Å². The van der Waals surface area contributed by atoms with Crippen molar-refractivity contribution in [3.63, 3.8) is 0 Å². The average Bonchev–Trinajstić information content (AvgIpc) is 2.96. The van der Waals surface area contributed by atoms with Gasteiger partial charge < -0.3 is 0 Å². The van der Waals surface area contributed by atoms with Crippen LogP contribution in [0, 0.1) is 0 Å². The van der Waals surface area contributed by atoms with Crippen molar-refractivity contribution in [2.75, 3.05) is 13.1 Å². The number of hydrogen-bond acceptors (Lipinski definition) is 3. The summed E-state index contributed by atoms with van der Waals surface area (Å²) >= 11 is 0. The SMILES string of the molecule is c1cn(C2CCCCC2)nc1CNN1CCCCC1. The van der Waals surface area contributed by atoms with E-state index >= 15 is 0 Å². The van der Waals surface area contributed by atoms with Gasteiger partial charge in [0.05, 0.1) is 18.3 Å². The average molecular weight is 262 g/mol. The first-order valence-corrected chi connectivity index (χ1v) is 7.94. The predicted octanol–water partition coefficient (Wildman–Crippen LogP) is 2.88. The fourth-order valence-electron chi connectivity index (χ4n) is 3.27. The molecule has 0 radical (unpaired) electrons. The molecule has 106 valence electrons. The van der Waals surface area contributed by atoms with E-state index in [0.29, 0.717) is 6.04 Å². The molecule has 2 heterocycles. The fraction of sp³-hybridized carbons (Fsp3) is 0.800. The Morgan fingerprint density at radius 1 is 1.05 bits per heavy atom. The van der Waals surface area contributed by atoms with Crippen LogP contribution in [-0.2, 0) is 6.54 Å². The van der Waals surface area contributed by atoms with Gasteiger partial charge in [0.2, 0.25) is 0 Å². The van der Waals surface area contributed by atoms with Gasteiger partial charge in [-0.25, -0.2) is 10.4 Å². The Bertz CT molecular complexity index is 375. The van der Waals surface area contributed by atoms with Gasteiger partial charge in [-0.15, -0.1) is 0 Å². The van der Waals surface area contributed by atoms with Crippen molar-refractivity contribution in [3.05, 3.63) is 18.0 Å². The van der Waals surface area contributed by atoms with Crippen LogP contribution in [0.25, 0.3) is 0 Å². The predicted molar refractivity (Wildman–Crippen MR) is 76.6 cm³/mol. The maximum absolute atomic E-state index is 4.75. The van der Waals surface area contributed by atoms with Crippen LogP contribution in [0.5, 0.6) is 0 Å². The summed E-state index contributed by atoms with van der Waals surface area (Å²) in [6, 6.07) is 2.82. The van der Waals surface area contributed by atoms with E-state index in [9.17, 15) is 0 Å². The van der Waals surface area contributed by atoms with Crippen molar-refractivity contribution < 1.29 is 0 Å². The van der Waals surface area contributed by atoms with E-state index in [4.69, 9.17) is 5.10 Å². The van der Waals surface area contributed by atoms with Crippen molar-refractivity contribution in [2.24, 2.45) is 0 Å². The summed E-state index contributed by atoms with van der Waals surface area (Å²) < 4.78 is 2.20. The number of nitrogens with one attached hydrogen (secondary N) is 1. The Kier molecular flexibility index (Phi) is 4.51. The van der Waals surface area contributed by atoms with Gasteiger partial charge in [0.15, 0.2) is 0 Å². The van der Waals surface area contributed by atoms with Gasteiger partial charge in [0.25, 0.3) is 0 Å². The van der Waals surface area contributed by atoms with Crippen molar-refractivity contribution >= 4 is 0 Å². The van der Waals surface area contributed by atoms with Gasteiger partial charge in [-0.1, -0.05) is 25.7 Å². The molecule has 2 aliphatic rings. The third kappa shape index (κ3) is 3.57. The number of aromatic nitrogens is 2. The summed E-state index contributed by atoms with van der Waals surface area (Å²) in [6.45, 7) is 3.24. The van der Waals surface area contributed by atoms with E-state index in [1.165, 1.54) is 70.2 Å². The molecule has 2 fully saturated rings. The first-order chi connectivity index (χ1) is 9.42. The minimum Gasteiger partial charge on any atom is -0.269 e. The van der Waals surface area contributed by atoms with Crippen molar-refractivity contribution in [3.8, 4) is 0 Å². The van der Waals surface area contributed by atoms with Crippen molar-refractivity contribution in [1.29, 1.82) is 0 Å². The second-order valence-corrected chi connectivity index (χ2v) is 5.96. The van der Waals surface area contributed by atoms with Crippen LogP contribution < -0.4 is 5.43 Å². The number of piperidine rings is 1. The van der Waals surface area contributed by atoms with E-state index in [1.807, 2.05) is 0 Å². The van der Waals surface area contributed by atoms with E-state index in [0.717, 1.165) is 6.54 Å². The molecule has 4 heteroatoms. The topological polar surface area (TPSA) is 33.1 Å². The second kappa shape index (κ2) is 6.53.